The third-order valence-corrected chi connectivity index (χ3v) is 8.32. The van der Waals surface area contributed by atoms with Crippen molar-refractivity contribution in [2.75, 3.05) is 7.11 Å². The lowest BCUT2D eigenvalue weighted by Gasteiger charge is -2.28. The van der Waals surface area contributed by atoms with Gasteiger partial charge in [-0.15, -0.1) is 0 Å². The monoisotopic (exact) mass is 510 g/mol. The lowest BCUT2D eigenvalue weighted by atomic mass is 9.97. The molecule has 5 atom stereocenters. The number of ether oxygens (including phenoxy) is 2. The van der Waals surface area contributed by atoms with Gasteiger partial charge in [0, 0.05) is 18.8 Å². The Morgan fingerprint density at radius 2 is 1.85 bits per heavy atom. The third-order valence-electron chi connectivity index (χ3n) is 6.30. The topological polar surface area (TPSA) is 54.0 Å². The van der Waals surface area contributed by atoms with Crippen molar-refractivity contribution in [2.24, 2.45) is 5.92 Å². The number of fused-ring (bicyclic) bond motifs is 1. The minimum Gasteiger partial charge on any atom is -0.469 e. The number of unbranched alkanes of at least 4 members (excludes halogenated alkanes) is 3. The zero-order valence-electron chi connectivity index (χ0n) is 23.0. The number of carbonyl (C=O) groups is 1. The Morgan fingerprint density at radius 1 is 1.12 bits per heavy atom. The van der Waals surface area contributed by atoms with Crippen LogP contribution in [0.3, 0.4) is 0 Å². The Labute approximate surface area is 210 Å². The van der Waals surface area contributed by atoms with E-state index in [2.05, 4.69) is 64.4 Å². The fourth-order valence-corrected chi connectivity index (χ4v) is 7.16. The molecular weight excluding hydrogens is 460 g/mol. The molecule has 1 fully saturated rings. The van der Waals surface area contributed by atoms with Crippen LogP contribution in [0.5, 0.6) is 0 Å². The van der Waals surface area contributed by atoms with Crippen LogP contribution in [-0.4, -0.2) is 54.1 Å². The van der Waals surface area contributed by atoms with Crippen LogP contribution in [0.25, 0.3) is 0 Å². The van der Waals surface area contributed by atoms with Gasteiger partial charge in [0.2, 0.25) is 0 Å². The summed E-state index contributed by atoms with van der Waals surface area (Å²) in [5.74, 6) is 0.129. The SMILES string of the molecule is CCCCC[C@@H](/C=C/[C@@H]1C2=CC(CCCCC(=O)OC)OC2CC1O[Si](C)(C)C)O[Si](C)(C)C. The van der Waals surface area contributed by atoms with Crippen LogP contribution in [0.2, 0.25) is 39.3 Å². The molecule has 2 rings (SSSR count). The van der Waals surface area contributed by atoms with Gasteiger partial charge in [0.1, 0.15) is 0 Å². The fourth-order valence-electron chi connectivity index (χ4n) is 4.91. The summed E-state index contributed by atoms with van der Waals surface area (Å²) < 4.78 is 24.3. The molecule has 5 nitrogen and oxygen atoms in total. The molecule has 1 heterocycles. The Morgan fingerprint density at radius 3 is 2.47 bits per heavy atom. The van der Waals surface area contributed by atoms with Crippen molar-refractivity contribution >= 4 is 22.6 Å². The molecule has 0 bridgehead atoms. The molecule has 34 heavy (non-hydrogen) atoms. The van der Waals surface area contributed by atoms with Crippen molar-refractivity contribution in [1.29, 1.82) is 0 Å². The zero-order chi connectivity index (χ0) is 25.4. The molecular formula is C27H50O5Si2. The third kappa shape index (κ3) is 10.5. The molecule has 0 saturated heterocycles. The van der Waals surface area contributed by atoms with Crippen LogP contribution in [0, 0.1) is 5.92 Å². The average Bonchev–Trinajstić information content (AvgIpc) is 3.24. The number of methoxy groups -OCH3 is 1. The van der Waals surface area contributed by atoms with Crippen molar-refractivity contribution < 1.29 is 23.1 Å². The predicted molar refractivity (Wildman–Crippen MR) is 145 cm³/mol. The molecule has 1 aliphatic heterocycles. The zero-order valence-corrected chi connectivity index (χ0v) is 25.0. The van der Waals surface area contributed by atoms with Gasteiger partial charge in [0.05, 0.1) is 31.5 Å². The highest BCUT2D eigenvalue weighted by Crippen LogP contribution is 2.43. The van der Waals surface area contributed by atoms with Gasteiger partial charge in [-0.2, -0.15) is 0 Å². The Bertz CT molecular complexity index is 692. The second-order valence-corrected chi connectivity index (χ2v) is 20.8. The van der Waals surface area contributed by atoms with Crippen LogP contribution < -0.4 is 0 Å². The summed E-state index contributed by atoms with van der Waals surface area (Å²) in [5, 5.41) is 0. The number of rotatable bonds is 15. The van der Waals surface area contributed by atoms with Crippen LogP contribution in [0.15, 0.2) is 23.8 Å². The van der Waals surface area contributed by atoms with E-state index in [1.165, 1.54) is 31.9 Å². The molecule has 0 aromatic heterocycles. The standard InChI is InChI=1S/C27H50O5Si2/c1-9-10-11-14-21(31-33(3,4)5)17-18-23-24-19-22(15-12-13-16-27(28)29-2)30-25(24)20-26(23)32-34(6,7)8/h17-19,21-23,25-26H,9-16,20H2,1-8H3/b18-17+/t21-,22?,23+,25?,26?/m0/s1. The van der Waals surface area contributed by atoms with Gasteiger partial charge < -0.3 is 18.3 Å². The van der Waals surface area contributed by atoms with E-state index in [0.29, 0.717) is 6.42 Å². The number of hydrogen-bond acceptors (Lipinski definition) is 5. The summed E-state index contributed by atoms with van der Waals surface area (Å²) in [6.07, 6.45) is 16.6. The van der Waals surface area contributed by atoms with Gasteiger partial charge in [-0.1, -0.05) is 44.4 Å². The van der Waals surface area contributed by atoms with E-state index in [4.69, 9.17) is 18.3 Å². The Balaban J connectivity index is 2.10. The summed E-state index contributed by atoms with van der Waals surface area (Å²) >= 11 is 0. The van der Waals surface area contributed by atoms with E-state index < -0.39 is 16.6 Å². The molecule has 2 aliphatic rings. The minimum absolute atomic E-state index is 0.131. The van der Waals surface area contributed by atoms with Gasteiger partial charge in [0.25, 0.3) is 0 Å². The molecule has 0 radical (unpaired) electrons. The summed E-state index contributed by atoms with van der Waals surface area (Å²) in [4.78, 5) is 11.4. The first kappa shape index (κ1) is 29.5. The second-order valence-electron chi connectivity index (χ2n) is 11.8. The fraction of sp³-hybridized carbons (Fsp3) is 0.815. The smallest absolute Gasteiger partial charge is 0.305 e. The molecule has 1 aliphatic carbocycles. The molecule has 3 unspecified atom stereocenters. The van der Waals surface area contributed by atoms with Crippen molar-refractivity contribution in [2.45, 2.75) is 128 Å². The molecule has 7 heteroatoms. The van der Waals surface area contributed by atoms with E-state index in [1.807, 2.05) is 0 Å². The maximum absolute atomic E-state index is 11.4. The molecule has 0 spiro atoms. The summed E-state index contributed by atoms with van der Waals surface area (Å²) in [6.45, 7) is 15.9. The maximum Gasteiger partial charge on any atom is 0.305 e. The van der Waals surface area contributed by atoms with E-state index in [1.54, 1.807) is 0 Å². The largest absolute Gasteiger partial charge is 0.469 e. The highest BCUT2D eigenvalue weighted by Gasteiger charge is 2.44. The molecule has 196 valence electrons. The van der Waals surface area contributed by atoms with E-state index in [9.17, 15) is 4.79 Å². The summed E-state index contributed by atoms with van der Waals surface area (Å²) in [6, 6.07) is 0. The first-order valence-corrected chi connectivity index (χ1v) is 20.2. The normalized spacial score (nSPS) is 26.1. The van der Waals surface area contributed by atoms with Crippen LogP contribution in [0.4, 0.5) is 0 Å². The van der Waals surface area contributed by atoms with Crippen molar-refractivity contribution in [3.63, 3.8) is 0 Å². The van der Waals surface area contributed by atoms with Gasteiger partial charge in [0.15, 0.2) is 16.6 Å². The first-order valence-electron chi connectivity index (χ1n) is 13.4. The lowest BCUT2D eigenvalue weighted by molar-refractivity contribution is -0.140. The Kier molecular flexibility index (Phi) is 11.7. The highest BCUT2D eigenvalue weighted by molar-refractivity contribution is 6.70. The molecule has 0 aromatic carbocycles. The van der Waals surface area contributed by atoms with Crippen LogP contribution in [0.1, 0.15) is 64.7 Å². The van der Waals surface area contributed by atoms with E-state index >= 15 is 0 Å². The van der Waals surface area contributed by atoms with Gasteiger partial charge in [-0.05, 0) is 70.5 Å². The maximum atomic E-state index is 11.4. The summed E-state index contributed by atoms with van der Waals surface area (Å²) in [5.41, 5.74) is 1.39. The lowest BCUT2D eigenvalue weighted by Crippen LogP contribution is -2.34. The second kappa shape index (κ2) is 13.5. The molecule has 0 amide bonds. The predicted octanol–water partition coefficient (Wildman–Crippen LogP) is 7.01. The van der Waals surface area contributed by atoms with Gasteiger partial charge in [-0.3, -0.25) is 4.79 Å². The quantitative estimate of drug-likeness (QED) is 0.103. The van der Waals surface area contributed by atoms with E-state index in [0.717, 1.165) is 32.1 Å². The van der Waals surface area contributed by atoms with Gasteiger partial charge in [-0.25, -0.2) is 0 Å². The van der Waals surface area contributed by atoms with Crippen LogP contribution >= 0.6 is 0 Å². The van der Waals surface area contributed by atoms with Gasteiger partial charge >= 0.3 is 5.97 Å². The Hall–Kier alpha value is -0.736. The summed E-state index contributed by atoms with van der Waals surface area (Å²) in [7, 11) is -1.85. The highest BCUT2D eigenvalue weighted by atomic mass is 28.4. The number of hydrogen-bond donors (Lipinski definition) is 0. The average molecular weight is 511 g/mol. The first-order chi connectivity index (χ1) is 15.9. The van der Waals surface area contributed by atoms with Crippen molar-refractivity contribution in [3.8, 4) is 0 Å². The number of esters is 1. The molecule has 1 saturated carbocycles. The van der Waals surface area contributed by atoms with E-state index in [-0.39, 0.29) is 36.3 Å². The minimum atomic E-state index is -1.67. The molecule has 0 aromatic rings. The van der Waals surface area contributed by atoms with Crippen LogP contribution in [-0.2, 0) is 23.1 Å². The van der Waals surface area contributed by atoms with Crippen molar-refractivity contribution in [1.82, 2.24) is 0 Å². The number of carbonyl (C=O) groups excluding carboxylic acids is 1. The van der Waals surface area contributed by atoms with Crippen molar-refractivity contribution in [3.05, 3.63) is 23.8 Å². The molecule has 0 N–H and O–H groups in total.